The van der Waals surface area contributed by atoms with Crippen molar-refractivity contribution in [2.75, 3.05) is 12.4 Å². The Hall–Kier alpha value is -1.90. The highest BCUT2D eigenvalue weighted by Crippen LogP contribution is 2.43. The zero-order valence-electron chi connectivity index (χ0n) is 17.4. The van der Waals surface area contributed by atoms with Gasteiger partial charge in [0.15, 0.2) is 0 Å². The zero-order chi connectivity index (χ0) is 20.6. The van der Waals surface area contributed by atoms with E-state index in [2.05, 4.69) is 15.7 Å². The summed E-state index contributed by atoms with van der Waals surface area (Å²) in [5.41, 5.74) is 2.14. The van der Waals surface area contributed by atoms with Gasteiger partial charge in [0.1, 0.15) is 5.75 Å². The minimum Gasteiger partial charge on any atom is -0.496 e. The average molecular weight is 477 g/mol. The van der Waals surface area contributed by atoms with Gasteiger partial charge < -0.3 is 15.4 Å². The number of nitrogens with zero attached hydrogens (tertiary/aromatic N) is 2. The molecule has 2 unspecified atom stereocenters. The van der Waals surface area contributed by atoms with Crippen molar-refractivity contribution in [3.8, 4) is 5.75 Å². The summed E-state index contributed by atoms with van der Waals surface area (Å²) >= 11 is 0. The molecule has 10 heteroatoms. The highest BCUT2D eigenvalue weighted by atomic mass is 35.5. The third kappa shape index (κ3) is 6.08. The molecule has 2 fully saturated rings. The Morgan fingerprint density at radius 3 is 2.58 bits per heavy atom. The zero-order valence-corrected chi connectivity index (χ0v) is 19.1. The molecule has 31 heavy (non-hydrogen) atoms. The molecular weight excluding hydrogens is 449 g/mol. The van der Waals surface area contributed by atoms with Crippen molar-refractivity contribution in [1.82, 2.24) is 15.1 Å². The standard InChI is InChI=1S/C21H26F2N4O2.2ClH/c1-27-12-15(11-24-27)26-20(28)17-9-13(3-4-19(17)29-2)16-10-18(16)25-14-5-7-21(22,23)8-6-14;;/h3-4,9,11-12,14,16,18,25H,5-8,10H2,1-2H3,(H,26,28);2*1H. The maximum atomic E-state index is 13.3. The molecule has 0 radical (unpaired) electrons. The van der Waals surface area contributed by atoms with E-state index in [-0.39, 0.29) is 61.6 Å². The number of benzene rings is 1. The van der Waals surface area contributed by atoms with E-state index in [4.69, 9.17) is 4.74 Å². The van der Waals surface area contributed by atoms with Crippen LogP contribution in [0.5, 0.6) is 5.75 Å². The number of amides is 1. The second-order valence-corrected chi connectivity index (χ2v) is 8.06. The number of ether oxygens (including phenoxy) is 1. The molecule has 0 spiro atoms. The summed E-state index contributed by atoms with van der Waals surface area (Å²) in [5, 5.41) is 10.4. The molecule has 2 aliphatic carbocycles. The van der Waals surface area contributed by atoms with Gasteiger partial charge in [0, 0.05) is 44.1 Å². The number of aryl methyl sites for hydroxylation is 1. The third-order valence-corrected chi connectivity index (χ3v) is 5.82. The number of carbonyl (C=O) groups excluding carboxylic acids is 1. The molecule has 2 atom stereocenters. The quantitative estimate of drug-likeness (QED) is 0.641. The van der Waals surface area contributed by atoms with Crippen LogP contribution in [-0.4, -0.2) is 40.8 Å². The first kappa shape index (κ1) is 25.4. The number of carbonyl (C=O) groups is 1. The molecular formula is C21H28Cl2F2N4O2. The van der Waals surface area contributed by atoms with Gasteiger partial charge in [-0.15, -0.1) is 24.8 Å². The van der Waals surface area contributed by atoms with E-state index >= 15 is 0 Å². The lowest BCUT2D eigenvalue weighted by Crippen LogP contribution is -2.38. The molecule has 1 aromatic carbocycles. The van der Waals surface area contributed by atoms with Gasteiger partial charge >= 0.3 is 0 Å². The fourth-order valence-electron chi connectivity index (χ4n) is 4.08. The molecule has 1 aromatic heterocycles. The van der Waals surface area contributed by atoms with Crippen LogP contribution >= 0.6 is 24.8 Å². The van der Waals surface area contributed by atoms with Gasteiger partial charge in [-0.3, -0.25) is 9.48 Å². The number of hydrogen-bond donors (Lipinski definition) is 2. The van der Waals surface area contributed by atoms with Gasteiger partial charge in [-0.1, -0.05) is 6.07 Å². The third-order valence-electron chi connectivity index (χ3n) is 5.82. The Kier molecular flexibility index (Phi) is 8.30. The minimum atomic E-state index is -2.51. The van der Waals surface area contributed by atoms with Crippen LogP contribution < -0.4 is 15.4 Å². The molecule has 0 saturated heterocycles. The predicted molar refractivity (Wildman–Crippen MR) is 120 cm³/mol. The average Bonchev–Trinajstić information content (AvgIpc) is 3.34. The van der Waals surface area contributed by atoms with Crippen molar-refractivity contribution in [3.63, 3.8) is 0 Å². The van der Waals surface area contributed by atoms with Crippen LogP contribution in [0.4, 0.5) is 14.5 Å². The van der Waals surface area contributed by atoms with E-state index in [9.17, 15) is 13.6 Å². The van der Waals surface area contributed by atoms with Gasteiger partial charge in [-0.05, 0) is 37.0 Å². The SMILES string of the molecule is COc1ccc(C2CC2NC2CCC(F)(F)CC2)cc1C(=O)Nc1cnn(C)c1.Cl.Cl. The lowest BCUT2D eigenvalue weighted by atomic mass is 9.92. The van der Waals surface area contributed by atoms with Gasteiger partial charge in [0.25, 0.3) is 5.91 Å². The Morgan fingerprint density at radius 1 is 1.26 bits per heavy atom. The first-order chi connectivity index (χ1) is 13.8. The summed E-state index contributed by atoms with van der Waals surface area (Å²) in [6.07, 6.45) is 5.20. The summed E-state index contributed by atoms with van der Waals surface area (Å²) in [6, 6.07) is 6.07. The van der Waals surface area contributed by atoms with E-state index in [0.717, 1.165) is 12.0 Å². The van der Waals surface area contributed by atoms with Crippen molar-refractivity contribution in [2.45, 2.75) is 56.0 Å². The fourth-order valence-corrected chi connectivity index (χ4v) is 4.08. The maximum absolute atomic E-state index is 13.3. The van der Waals surface area contributed by atoms with E-state index in [0.29, 0.717) is 29.8 Å². The van der Waals surface area contributed by atoms with Crippen molar-refractivity contribution in [2.24, 2.45) is 7.05 Å². The first-order valence-corrected chi connectivity index (χ1v) is 9.96. The molecule has 2 aliphatic rings. The number of halogens is 4. The molecule has 2 N–H and O–H groups in total. The van der Waals surface area contributed by atoms with Crippen LogP contribution in [0.1, 0.15) is 53.9 Å². The van der Waals surface area contributed by atoms with Crippen molar-refractivity contribution < 1.29 is 18.3 Å². The van der Waals surface area contributed by atoms with E-state index in [1.807, 2.05) is 18.2 Å². The molecule has 2 aromatic rings. The highest BCUT2D eigenvalue weighted by Gasteiger charge is 2.42. The minimum absolute atomic E-state index is 0. The predicted octanol–water partition coefficient (Wildman–Crippen LogP) is 4.55. The molecule has 1 heterocycles. The van der Waals surface area contributed by atoms with Crippen LogP contribution in [0, 0.1) is 0 Å². The second kappa shape index (κ2) is 10.1. The number of anilines is 1. The molecule has 2 saturated carbocycles. The Labute approximate surface area is 192 Å². The van der Waals surface area contributed by atoms with Gasteiger partial charge in [0.05, 0.1) is 24.6 Å². The summed E-state index contributed by atoms with van der Waals surface area (Å²) in [7, 11) is 3.32. The molecule has 6 nitrogen and oxygen atoms in total. The van der Waals surface area contributed by atoms with E-state index < -0.39 is 5.92 Å². The Bertz CT molecular complexity index is 899. The van der Waals surface area contributed by atoms with Crippen molar-refractivity contribution in [3.05, 3.63) is 41.7 Å². The second-order valence-electron chi connectivity index (χ2n) is 8.06. The smallest absolute Gasteiger partial charge is 0.259 e. The number of nitrogens with one attached hydrogen (secondary N) is 2. The van der Waals surface area contributed by atoms with Gasteiger partial charge in [0.2, 0.25) is 5.92 Å². The fraction of sp³-hybridized carbons (Fsp3) is 0.524. The van der Waals surface area contributed by atoms with Gasteiger partial charge in [-0.2, -0.15) is 5.10 Å². The largest absolute Gasteiger partial charge is 0.496 e. The van der Waals surface area contributed by atoms with Crippen LogP contribution in [-0.2, 0) is 7.05 Å². The molecule has 0 bridgehead atoms. The highest BCUT2D eigenvalue weighted by molar-refractivity contribution is 6.06. The topological polar surface area (TPSA) is 68.2 Å². The number of aromatic nitrogens is 2. The monoisotopic (exact) mass is 476 g/mol. The summed E-state index contributed by atoms with van der Waals surface area (Å²) < 4.78 is 33.7. The van der Waals surface area contributed by atoms with E-state index in [1.165, 1.54) is 7.11 Å². The lowest BCUT2D eigenvalue weighted by molar-refractivity contribution is -0.0405. The Balaban J connectivity index is 0.00000171. The number of rotatable bonds is 6. The first-order valence-electron chi connectivity index (χ1n) is 9.96. The van der Waals surface area contributed by atoms with Crippen LogP contribution in [0.25, 0.3) is 0 Å². The molecule has 0 aliphatic heterocycles. The molecule has 4 rings (SSSR count). The lowest BCUT2D eigenvalue weighted by Gasteiger charge is -2.29. The van der Waals surface area contributed by atoms with Crippen molar-refractivity contribution >= 4 is 36.4 Å². The Morgan fingerprint density at radius 2 is 1.97 bits per heavy atom. The maximum Gasteiger partial charge on any atom is 0.259 e. The van der Waals surface area contributed by atoms with Crippen LogP contribution in [0.3, 0.4) is 0 Å². The summed E-state index contributed by atoms with van der Waals surface area (Å²) in [5.74, 6) is -1.97. The van der Waals surface area contributed by atoms with Crippen molar-refractivity contribution in [1.29, 1.82) is 0 Å². The number of hydrogen-bond acceptors (Lipinski definition) is 4. The number of methoxy groups -OCH3 is 1. The van der Waals surface area contributed by atoms with Crippen LogP contribution in [0.15, 0.2) is 30.6 Å². The molecule has 172 valence electrons. The number of alkyl halides is 2. The van der Waals surface area contributed by atoms with E-state index in [1.54, 1.807) is 24.1 Å². The summed E-state index contributed by atoms with van der Waals surface area (Å²) in [4.78, 5) is 12.7. The van der Waals surface area contributed by atoms with Crippen LogP contribution in [0.2, 0.25) is 0 Å². The van der Waals surface area contributed by atoms with Gasteiger partial charge in [-0.25, -0.2) is 8.78 Å². The summed E-state index contributed by atoms with van der Waals surface area (Å²) in [6.45, 7) is 0. The molecule has 1 amide bonds. The normalized spacial score (nSPS) is 22.1.